The molecule has 1 atom stereocenters. The molecule has 0 aliphatic carbocycles. The van der Waals surface area contributed by atoms with Gasteiger partial charge in [-0.25, -0.2) is 0 Å². The Morgan fingerprint density at radius 1 is 1.15 bits per heavy atom. The van der Waals surface area contributed by atoms with Crippen LogP contribution in [-0.4, -0.2) is 25.6 Å². The van der Waals surface area contributed by atoms with Crippen LogP contribution in [0.4, 0.5) is 0 Å². The smallest absolute Gasteiger partial charge is 0.227 e. The third kappa shape index (κ3) is 4.45. The number of carbonyl (C=O) groups is 1. The summed E-state index contributed by atoms with van der Waals surface area (Å²) < 4.78 is 5.75. The van der Waals surface area contributed by atoms with E-state index in [2.05, 4.69) is 23.5 Å². The van der Waals surface area contributed by atoms with Crippen molar-refractivity contribution in [1.82, 2.24) is 5.32 Å². The molecule has 2 aliphatic rings. The zero-order chi connectivity index (χ0) is 18.6. The molecule has 0 spiro atoms. The van der Waals surface area contributed by atoms with Crippen LogP contribution >= 0.6 is 11.6 Å². The quantitative estimate of drug-likeness (QED) is 0.829. The monoisotopic (exact) mass is 385 g/mol. The fourth-order valence-corrected chi connectivity index (χ4v) is 4.28. The molecular weight excluding hydrogens is 360 g/mol. The van der Waals surface area contributed by atoms with E-state index >= 15 is 0 Å². The van der Waals surface area contributed by atoms with Gasteiger partial charge in [-0.3, -0.25) is 4.79 Å². The topological polar surface area (TPSA) is 42.8 Å². The first-order valence-electron chi connectivity index (χ1n) is 9.78. The number of likely N-dealkylation sites (tertiary alicyclic amines) is 1. The highest BCUT2D eigenvalue weighted by Gasteiger charge is 2.26. The van der Waals surface area contributed by atoms with Crippen molar-refractivity contribution in [2.45, 2.75) is 32.4 Å². The van der Waals surface area contributed by atoms with E-state index in [1.165, 1.54) is 37.1 Å². The Morgan fingerprint density at radius 3 is 2.74 bits per heavy atom. The van der Waals surface area contributed by atoms with Gasteiger partial charge in [-0.2, -0.15) is 0 Å². The molecule has 4 nitrogen and oxygen atoms in total. The second-order valence-electron chi connectivity index (χ2n) is 7.58. The summed E-state index contributed by atoms with van der Waals surface area (Å²) in [6.07, 6.45) is 3.31. The van der Waals surface area contributed by atoms with Crippen LogP contribution in [0.3, 0.4) is 0 Å². The van der Waals surface area contributed by atoms with E-state index in [1.807, 2.05) is 24.3 Å². The second-order valence-corrected chi connectivity index (χ2v) is 8.02. The second kappa shape index (κ2) is 8.32. The molecule has 2 aliphatic heterocycles. The van der Waals surface area contributed by atoms with Crippen molar-refractivity contribution in [3.8, 4) is 5.75 Å². The van der Waals surface area contributed by atoms with Crippen LogP contribution in [-0.2, 0) is 24.3 Å². The molecule has 5 heteroatoms. The summed E-state index contributed by atoms with van der Waals surface area (Å²) in [7, 11) is 0. The molecule has 4 rings (SSSR count). The standard InChI is InChI=1S/C22H25ClN2O2/c23-20-7-8-21-18(12-20)11-19(15-27-21)22(26)24-13-16-5-1-2-6-17(16)14-25-9-3-4-10-25/h1-2,5-8,12,19H,3-4,9-11,13-15H2,(H,24,26)/p+1/t19-/m0/s1. The Balaban J connectivity index is 1.37. The van der Waals surface area contributed by atoms with Crippen molar-refractivity contribution in [2.75, 3.05) is 19.7 Å². The fourth-order valence-electron chi connectivity index (χ4n) is 4.08. The lowest BCUT2D eigenvalue weighted by Crippen LogP contribution is -3.08. The zero-order valence-electron chi connectivity index (χ0n) is 15.5. The Hall–Kier alpha value is -2.04. The maximum Gasteiger partial charge on any atom is 0.227 e. The molecule has 1 fully saturated rings. The van der Waals surface area contributed by atoms with Gasteiger partial charge in [-0.15, -0.1) is 0 Å². The molecule has 0 bridgehead atoms. The molecule has 2 aromatic rings. The van der Waals surface area contributed by atoms with E-state index in [0.29, 0.717) is 24.6 Å². The van der Waals surface area contributed by atoms with E-state index in [0.717, 1.165) is 17.9 Å². The number of ether oxygens (including phenoxy) is 1. The SMILES string of the molecule is O=C(NCc1ccccc1C[NH+]1CCCC1)[C@@H]1COc2ccc(Cl)cc2C1. The summed E-state index contributed by atoms with van der Waals surface area (Å²) in [5.41, 5.74) is 3.56. The van der Waals surface area contributed by atoms with Crippen LogP contribution in [0.1, 0.15) is 29.5 Å². The number of benzene rings is 2. The van der Waals surface area contributed by atoms with Crippen LogP contribution in [0.25, 0.3) is 0 Å². The highest BCUT2D eigenvalue weighted by Crippen LogP contribution is 2.29. The maximum absolute atomic E-state index is 12.7. The van der Waals surface area contributed by atoms with E-state index in [4.69, 9.17) is 16.3 Å². The maximum atomic E-state index is 12.7. The summed E-state index contributed by atoms with van der Waals surface area (Å²) in [6, 6.07) is 14.0. The van der Waals surface area contributed by atoms with Gasteiger partial charge in [0, 0.05) is 30.0 Å². The van der Waals surface area contributed by atoms with E-state index in [9.17, 15) is 4.79 Å². The number of halogens is 1. The predicted molar refractivity (Wildman–Crippen MR) is 106 cm³/mol. The zero-order valence-corrected chi connectivity index (χ0v) is 16.2. The number of carbonyl (C=O) groups excluding carboxylic acids is 1. The number of hydrogen-bond donors (Lipinski definition) is 2. The summed E-state index contributed by atoms with van der Waals surface area (Å²) in [5.74, 6) is 0.707. The molecule has 27 heavy (non-hydrogen) atoms. The summed E-state index contributed by atoms with van der Waals surface area (Å²) >= 11 is 6.07. The highest BCUT2D eigenvalue weighted by atomic mass is 35.5. The van der Waals surface area contributed by atoms with E-state index < -0.39 is 0 Å². The first-order valence-corrected chi connectivity index (χ1v) is 10.2. The molecule has 2 aromatic carbocycles. The van der Waals surface area contributed by atoms with Crippen molar-refractivity contribution in [2.24, 2.45) is 5.92 Å². The number of quaternary nitrogens is 1. The number of nitrogens with one attached hydrogen (secondary N) is 2. The van der Waals surface area contributed by atoms with Gasteiger partial charge < -0.3 is 15.0 Å². The normalized spacial score (nSPS) is 19.4. The lowest BCUT2D eigenvalue weighted by Gasteiger charge is -2.25. The van der Waals surface area contributed by atoms with Crippen LogP contribution in [0.5, 0.6) is 5.75 Å². The number of hydrogen-bond acceptors (Lipinski definition) is 2. The van der Waals surface area contributed by atoms with Crippen LogP contribution < -0.4 is 15.0 Å². The van der Waals surface area contributed by atoms with Crippen molar-refractivity contribution >= 4 is 17.5 Å². The fraction of sp³-hybridized carbons (Fsp3) is 0.409. The third-order valence-electron chi connectivity index (χ3n) is 5.62. The predicted octanol–water partition coefficient (Wildman–Crippen LogP) is 2.39. The summed E-state index contributed by atoms with van der Waals surface area (Å²) in [6.45, 7) is 4.54. The largest absolute Gasteiger partial charge is 0.492 e. The highest BCUT2D eigenvalue weighted by molar-refractivity contribution is 6.30. The molecule has 1 saturated heterocycles. The average Bonchev–Trinajstić information content (AvgIpc) is 3.19. The molecule has 142 valence electrons. The van der Waals surface area contributed by atoms with Gasteiger partial charge >= 0.3 is 0 Å². The van der Waals surface area contributed by atoms with Crippen molar-refractivity contribution < 1.29 is 14.4 Å². The van der Waals surface area contributed by atoms with Crippen molar-refractivity contribution in [3.63, 3.8) is 0 Å². The lowest BCUT2D eigenvalue weighted by atomic mass is 9.96. The molecular formula is C22H26ClN2O2+. The van der Waals surface area contributed by atoms with Gasteiger partial charge in [-0.1, -0.05) is 35.9 Å². The Kier molecular flexibility index (Phi) is 5.65. The van der Waals surface area contributed by atoms with Gasteiger partial charge in [0.15, 0.2) is 0 Å². The van der Waals surface area contributed by atoms with E-state index in [1.54, 1.807) is 4.90 Å². The number of amides is 1. The van der Waals surface area contributed by atoms with Crippen molar-refractivity contribution in [1.29, 1.82) is 0 Å². The third-order valence-corrected chi connectivity index (χ3v) is 5.86. The van der Waals surface area contributed by atoms with Crippen LogP contribution in [0, 0.1) is 5.92 Å². The molecule has 0 aromatic heterocycles. The lowest BCUT2D eigenvalue weighted by molar-refractivity contribution is -0.901. The van der Waals surface area contributed by atoms with Gasteiger partial charge in [0.2, 0.25) is 5.91 Å². The molecule has 0 radical (unpaired) electrons. The summed E-state index contributed by atoms with van der Waals surface area (Å²) in [4.78, 5) is 14.3. The first kappa shape index (κ1) is 18.3. The molecule has 0 unspecified atom stereocenters. The van der Waals surface area contributed by atoms with Gasteiger partial charge in [-0.05, 0) is 35.7 Å². The molecule has 2 N–H and O–H groups in total. The van der Waals surface area contributed by atoms with Crippen LogP contribution in [0.2, 0.25) is 5.02 Å². The minimum absolute atomic E-state index is 0.0453. The van der Waals surface area contributed by atoms with E-state index in [-0.39, 0.29) is 11.8 Å². The van der Waals surface area contributed by atoms with Crippen LogP contribution in [0.15, 0.2) is 42.5 Å². The minimum atomic E-state index is -0.174. The van der Waals surface area contributed by atoms with Gasteiger partial charge in [0.05, 0.1) is 19.0 Å². The number of fused-ring (bicyclic) bond motifs is 1. The van der Waals surface area contributed by atoms with Gasteiger partial charge in [0.25, 0.3) is 0 Å². The molecule has 1 amide bonds. The molecule has 2 heterocycles. The number of rotatable bonds is 5. The summed E-state index contributed by atoms with van der Waals surface area (Å²) in [5, 5.41) is 3.80. The minimum Gasteiger partial charge on any atom is -0.492 e. The van der Waals surface area contributed by atoms with Gasteiger partial charge in [0.1, 0.15) is 18.9 Å². The Labute approximate surface area is 165 Å². The average molecular weight is 386 g/mol. The van der Waals surface area contributed by atoms with Crippen molar-refractivity contribution in [3.05, 3.63) is 64.2 Å². The molecule has 0 saturated carbocycles. The Morgan fingerprint density at radius 2 is 1.93 bits per heavy atom. The first-order chi connectivity index (χ1) is 13.2. The Bertz CT molecular complexity index is 818.